The van der Waals surface area contributed by atoms with E-state index in [0.29, 0.717) is 17.4 Å². The van der Waals surface area contributed by atoms with E-state index < -0.39 is 6.09 Å². The number of benzene rings is 2. The number of para-hydroxylation sites is 3. The summed E-state index contributed by atoms with van der Waals surface area (Å²) >= 11 is 0. The molecule has 1 heterocycles. The average Bonchev–Trinajstić information content (AvgIpc) is 2.66. The Morgan fingerprint density at radius 3 is 2.35 bits per heavy atom. The zero-order valence-corrected chi connectivity index (χ0v) is 14.2. The molecular weight excluding hydrogens is 332 g/mol. The average molecular weight is 350 g/mol. The van der Waals surface area contributed by atoms with Gasteiger partial charge in [-0.2, -0.15) is 0 Å². The highest BCUT2D eigenvalue weighted by Gasteiger charge is 2.07. The van der Waals surface area contributed by atoms with E-state index in [4.69, 9.17) is 9.47 Å². The highest BCUT2D eigenvalue weighted by atomic mass is 16.5. The van der Waals surface area contributed by atoms with Gasteiger partial charge in [0.1, 0.15) is 5.75 Å². The standard InChI is InChI=1S/C19H18N4O3/c1-2-25-19(24)21-18-13-12-17(22-23-18)20-15-10-6-7-11-16(15)26-14-8-4-3-5-9-14/h3-13H,2H2,1H3,(H,20,22)(H,21,23,24). The number of nitrogens with one attached hydrogen (secondary N) is 2. The fourth-order valence-electron chi connectivity index (χ4n) is 2.15. The van der Waals surface area contributed by atoms with Gasteiger partial charge in [-0.25, -0.2) is 4.79 Å². The number of hydrogen-bond acceptors (Lipinski definition) is 6. The third kappa shape index (κ3) is 4.70. The number of nitrogens with zero attached hydrogens (tertiary/aromatic N) is 2. The maximum Gasteiger partial charge on any atom is 0.412 e. The van der Waals surface area contributed by atoms with Crippen LogP contribution in [-0.2, 0) is 4.74 Å². The summed E-state index contributed by atoms with van der Waals surface area (Å²) in [6.45, 7) is 2.02. The van der Waals surface area contributed by atoms with E-state index in [2.05, 4.69) is 20.8 Å². The van der Waals surface area contributed by atoms with Gasteiger partial charge in [-0.05, 0) is 43.3 Å². The first-order valence-corrected chi connectivity index (χ1v) is 8.11. The van der Waals surface area contributed by atoms with Crippen molar-refractivity contribution in [3.8, 4) is 11.5 Å². The van der Waals surface area contributed by atoms with Crippen molar-refractivity contribution < 1.29 is 14.3 Å². The molecular formula is C19H18N4O3. The summed E-state index contributed by atoms with van der Waals surface area (Å²) in [6, 6.07) is 20.4. The van der Waals surface area contributed by atoms with Crippen LogP contribution in [0.1, 0.15) is 6.92 Å². The maximum atomic E-state index is 11.4. The van der Waals surface area contributed by atoms with Crippen molar-refractivity contribution in [2.24, 2.45) is 0 Å². The second-order valence-corrected chi connectivity index (χ2v) is 5.19. The molecule has 1 aromatic heterocycles. The van der Waals surface area contributed by atoms with E-state index in [1.807, 2.05) is 54.6 Å². The van der Waals surface area contributed by atoms with E-state index in [-0.39, 0.29) is 6.61 Å². The molecule has 0 aliphatic carbocycles. The Morgan fingerprint density at radius 1 is 0.923 bits per heavy atom. The monoisotopic (exact) mass is 350 g/mol. The summed E-state index contributed by atoms with van der Waals surface area (Å²) in [5.41, 5.74) is 0.747. The molecule has 0 atom stereocenters. The third-order valence-corrected chi connectivity index (χ3v) is 3.29. The Bertz CT molecular complexity index is 854. The van der Waals surface area contributed by atoms with Crippen LogP contribution in [0.15, 0.2) is 66.7 Å². The summed E-state index contributed by atoms with van der Waals surface area (Å²) in [5.74, 6) is 2.22. The topological polar surface area (TPSA) is 85.4 Å². The molecule has 3 rings (SSSR count). The summed E-state index contributed by atoms with van der Waals surface area (Å²) in [4.78, 5) is 11.4. The first-order chi connectivity index (χ1) is 12.7. The minimum atomic E-state index is -0.566. The molecule has 1 amide bonds. The SMILES string of the molecule is CCOC(=O)Nc1ccc(Nc2ccccc2Oc2ccccc2)nn1. The van der Waals surface area contributed by atoms with Gasteiger partial charge in [-0.1, -0.05) is 30.3 Å². The van der Waals surface area contributed by atoms with Gasteiger partial charge in [-0.15, -0.1) is 10.2 Å². The van der Waals surface area contributed by atoms with Gasteiger partial charge in [0, 0.05) is 0 Å². The largest absolute Gasteiger partial charge is 0.455 e. The van der Waals surface area contributed by atoms with E-state index in [9.17, 15) is 4.79 Å². The van der Waals surface area contributed by atoms with E-state index >= 15 is 0 Å². The Morgan fingerprint density at radius 2 is 1.62 bits per heavy atom. The van der Waals surface area contributed by atoms with Crippen LogP contribution in [0.4, 0.5) is 22.1 Å². The predicted octanol–water partition coefficient (Wildman–Crippen LogP) is 4.58. The predicted molar refractivity (Wildman–Crippen MR) is 98.9 cm³/mol. The van der Waals surface area contributed by atoms with Crippen molar-refractivity contribution in [1.29, 1.82) is 0 Å². The van der Waals surface area contributed by atoms with Crippen molar-refractivity contribution >= 4 is 23.4 Å². The van der Waals surface area contributed by atoms with E-state index in [0.717, 1.165) is 11.4 Å². The van der Waals surface area contributed by atoms with Gasteiger partial charge >= 0.3 is 6.09 Å². The Hall–Kier alpha value is -3.61. The van der Waals surface area contributed by atoms with Crippen LogP contribution in [-0.4, -0.2) is 22.9 Å². The van der Waals surface area contributed by atoms with Gasteiger partial charge in [0.25, 0.3) is 0 Å². The molecule has 2 N–H and O–H groups in total. The number of rotatable bonds is 6. The van der Waals surface area contributed by atoms with E-state index in [1.165, 1.54) is 0 Å². The van der Waals surface area contributed by atoms with Crippen molar-refractivity contribution in [3.05, 3.63) is 66.7 Å². The first-order valence-electron chi connectivity index (χ1n) is 8.11. The lowest BCUT2D eigenvalue weighted by Crippen LogP contribution is -2.14. The van der Waals surface area contributed by atoms with Crippen LogP contribution < -0.4 is 15.4 Å². The molecule has 0 fully saturated rings. The third-order valence-electron chi connectivity index (χ3n) is 3.29. The molecule has 3 aromatic rings. The second-order valence-electron chi connectivity index (χ2n) is 5.19. The van der Waals surface area contributed by atoms with Crippen molar-refractivity contribution in [2.45, 2.75) is 6.92 Å². The summed E-state index contributed by atoms with van der Waals surface area (Å²) in [5, 5.41) is 13.6. The molecule has 7 heteroatoms. The van der Waals surface area contributed by atoms with Gasteiger partial charge in [0.2, 0.25) is 0 Å². The first kappa shape index (κ1) is 17.2. The van der Waals surface area contributed by atoms with Gasteiger partial charge < -0.3 is 14.8 Å². The van der Waals surface area contributed by atoms with Crippen LogP contribution in [0.5, 0.6) is 11.5 Å². The van der Waals surface area contributed by atoms with Crippen LogP contribution in [0.3, 0.4) is 0 Å². The molecule has 2 aromatic carbocycles. The van der Waals surface area contributed by atoms with Crippen LogP contribution in [0, 0.1) is 0 Å². The van der Waals surface area contributed by atoms with E-state index in [1.54, 1.807) is 19.1 Å². The number of aromatic nitrogens is 2. The van der Waals surface area contributed by atoms with Crippen LogP contribution in [0.25, 0.3) is 0 Å². The molecule has 0 aliphatic rings. The highest BCUT2D eigenvalue weighted by molar-refractivity contribution is 5.83. The summed E-state index contributed by atoms with van der Waals surface area (Å²) in [7, 11) is 0. The zero-order chi connectivity index (χ0) is 18.2. The van der Waals surface area contributed by atoms with Crippen LogP contribution in [0.2, 0.25) is 0 Å². The number of carbonyl (C=O) groups is 1. The van der Waals surface area contributed by atoms with Gasteiger partial charge in [-0.3, -0.25) is 5.32 Å². The van der Waals surface area contributed by atoms with Crippen molar-refractivity contribution in [1.82, 2.24) is 10.2 Å². The molecule has 0 saturated heterocycles. The smallest absolute Gasteiger partial charge is 0.412 e. The molecule has 26 heavy (non-hydrogen) atoms. The Labute approximate surface area is 151 Å². The van der Waals surface area contributed by atoms with Crippen LogP contribution >= 0.6 is 0 Å². The molecule has 0 unspecified atom stereocenters. The zero-order valence-electron chi connectivity index (χ0n) is 14.2. The molecule has 0 radical (unpaired) electrons. The lowest BCUT2D eigenvalue weighted by molar-refractivity contribution is 0.168. The quantitative estimate of drug-likeness (QED) is 0.677. The molecule has 0 spiro atoms. The fourth-order valence-corrected chi connectivity index (χ4v) is 2.15. The molecule has 0 aliphatic heterocycles. The Balaban J connectivity index is 1.70. The Kier molecular flexibility index (Phi) is 5.61. The number of ether oxygens (including phenoxy) is 2. The van der Waals surface area contributed by atoms with Gasteiger partial charge in [0.15, 0.2) is 17.4 Å². The number of hydrogen-bond donors (Lipinski definition) is 2. The highest BCUT2D eigenvalue weighted by Crippen LogP contribution is 2.30. The molecule has 0 bridgehead atoms. The molecule has 7 nitrogen and oxygen atoms in total. The second kappa shape index (κ2) is 8.48. The number of anilines is 3. The molecule has 132 valence electrons. The molecule has 0 saturated carbocycles. The maximum absolute atomic E-state index is 11.4. The lowest BCUT2D eigenvalue weighted by Gasteiger charge is -2.12. The lowest BCUT2D eigenvalue weighted by atomic mass is 10.3. The van der Waals surface area contributed by atoms with Crippen molar-refractivity contribution in [3.63, 3.8) is 0 Å². The van der Waals surface area contributed by atoms with Crippen molar-refractivity contribution in [2.75, 3.05) is 17.2 Å². The van der Waals surface area contributed by atoms with Gasteiger partial charge in [0.05, 0.1) is 12.3 Å². The fraction of sp³-hybridized carbons (Fsp3) is 0.105. The number of amides is 1. The minimum Gasteiger partial charge on any atom is -0.455 e. The number of carbonyl (C=O) groups excluding carboxylic acids is 1. The normalized spacial score (nSPS) is 10.0. The minimum absolute atomic E-state index is 0.289. The summed E-state index contributed by atoms with van der Waals surface area (Å²) in [6.07, 6.45) is -0.566. The summed E-state index contributed by atoms with van der Waals surface area (Å²) < 4.78 is 10.7.